The first-order valence-electron chi connectivity index (χ1n) is 4.37. The molecule has 0 spiro atoms. The van der Waals surface area contributed by atoms with E-state index in [0.717, 1.165) is 8.97 Å². The summed E-state index contributed by atoms with van der Waals surface area (Å²) in [5.41, 5.74) is 0. The summed E-state index contributed by atoms with van der Waals surface area (Å²) in [5, 5.41) is 9.65. The third-order valence-corrected chi connectivity index (χ3v) is 2.02. The zero-order valence-electron chi connectivity index (χ0n) is 9.50. The molecule has 0 fully saturated rings. The number of hydrogen-bond acceptors (Lipinski definition) is 1. The summed E-state index contributed by atoms with van der Waals surface area (Å²) in [5.74, 6) is 0. The Kier molecular flexibility index (Phi) is 3.29. The Bertz CT molecular complexity index is 128. The largest absolute Gasteiger partial charge is 0.381 e. The average Bonchev–Trinajstić information content (AvgIpc) is 1.49. The van der Waals surface area contributed by atoms with Gasteiger partial charge in [-0.2, -0.15) is 0 Å². The minimum atomic E-state index is -0.287. The van der Waals surface area contributed by atoms with Gasteiger partial charge in [-0.15, -0.1) is 0 Å². The first-order valence-corrected chi connectivity index (χ1v) is 4.37. The zero-order valence-corrected chi connectivity index (χ0v) is 9.50. The molecule has 0 aliphatic heterocycles. The number of aliphatic hydroxyl groups excluding tert-OH is 1. The van der Waals surface area contributed by atoms with Crippen molar-refractivity contribution in [3.05, 3.63) is 0 Å². The highest BCUT2D eigenvalue weighted by molar-refractivity contribution is 4.51. The molecule has 3 nitrogen and oxygen atoms in total. The van der Waals surface area contributed by atoms with Crippen LogP contribution in [-0.2, 0) is 0 Å². The number of rotatable bonds is 3. The molecule has 0 heterocycles. The molecular formula is C9H24N2O+2. The Morgan fingerprint density at radius 2 is 1.08 bits per heavy atom. The van der Waals surface area contributed by atoms with Crippen LogP contribution in [0.2, 0.25) is 0 Å². The maximum absolute atomic E-state index is 9.65. The number of nitrogens with zero attached hydrogens (tertiary/aromatic N) is 2. The van der Waals surface area contributed by atoms with Crippen LogP contribution in [-0.4, -0.2) is 68.6 Å². The molecule has 0 bridgehead atoms. The molecule has 0 aromatic rings. The molecule has 1 unspecified atom stereocenters. The standard InChI is InChI=1S/C9H24N2O/c1-8(12)9(10(2,3)4)11(5,6)7/h8-9,12H,1-7H3/q+2. The van der Waals surface area contributed by atoms with E-state index in [0.29, 0.717) is 0 Å². The molecule has 0 amide bonds. The third-order valence-electron chi connectivity index (χ3n) is 2.02. The van der Waals surface area contributed by atoms with Gasteiger partial charge in [-0.05, 0) is 6.92 Å². The van der Waals surface area contributed by atoms with Crippen LogP contribution >= 0.6 is 0 Å². The summed E-state index contributed by atoms with van der Waals surface area (Å²) in [6.45, 7) is 1.86. The lowest BCUT2D eigenvalue weighted by molar-refractivity contribution is -1.09. The van der Waals surface area contributed by atoms with Crippen molar-refractivity contribution in [2.24, 2.45) is 0 Å². The van der Waals surface area contributed by atoms with Gasteiger partial charge in [-0.1, -0.05) is 0 Å². The molecule has 1 atom stereocenters. The van der Waals surface area contributed by atoms with Crippen molar-refractivity contribution in [3.63, 3.8) is 0 Å². The molecule has 0 saturated heterocycles. The summed E-state index contributed by atoms with van der Waals surface area (Å²) in [6, 6.07) is 0. The van der Waals surface area contributed by atoms with Gasteiger partial charge in [0.2, 0.25) is 6.17 Å². The van der Waals surface area contributed by atoms with Gasteiger partial charge in [0.1, 0.15) is 0 Å². The van der Waals surface area contributed by atoms with Crippen molar-refractivity contribution in [3.8, 4) is 0 Å². The number of quaternary nitrogens is 2. The lowest BCUT2D eigenvalue weighted by Gasteiger charge is -2.43. The van der Waals surface area contributed by atoms with E-state index in [4.69, 9.17) is 0 Å². The normalized spacial score (nSPS) is 16.8. The van der Waals surface area contributed by atoms with Crippen LogP contribution in [0.5, 0.6) is 0 Å². The predicted molar refractivity (Wildman–Crippen MR) is 51.5 cm³/mol. The lowest BCUT2D eigenvalue weighted by atomic mass is 10.2. The van der Waals surface area contributed by atoms with Gasteiger partial charge >= 0.3 is 0 Å². The molecule has 74 valence electrons. The van der Waals surface area contributed by atoms with Gasteiger partial charge in [0.05, 0.1) is 42.3 Å². The SMILES string of the molecule is CC(O)C([N+](C)(C)C)[N+](C)(C)C. The second-order valence-electron chi connectivity index (χ2n) is 5.39. The summed E-state index contributed by atoms with van der Waals surface area (Å²) in [7, 11) is 12.7. The Morgan fingerprint density at radius 1 is 0.833 bits per heavy atom. The quantitative estimate of drug-likeness (QED) is 0.478. The smallest absolute Gasteiger partial charge is 0.241 e. The van der Waals surface area contributed by atoms with Crippen LogP contribution in [0.4, 0.5) is 0 Å². The van der Waals surface area contributed by atoms with E-state index < -0.39 is 0 Å². The second-order valence-corrected chi connectivity index (χ2v) is 5.39. The van der Waals surface area contributed by atoms with Gasteiger partial charge < -0.3 is 5.11 Å². The van der Waals surface area contributed by atoms with E-state index in [2.05, 4.69) is 42.3 Å². The van der Waals surface area contributed by atoms with Gasteiger partial charge in [0.15, 0.2) is 6.10 Å². The molecule has 1 N–H and O–H groups in total. The Morgan fingerprint density at radius 3 is 1.08 bits per heavy atom. The van der Waals surface area contributed by atoms with E-state index in [9.17, 15) is 5.11 Å². The Labute approximate surface area is 76.4 Å². The summed E-state index contributed by atoms with van der Waals surface area (Å²) in [6.07, 6.45) is -0.0741. The Hall–Kier alpha value is -0.120. The highest BCUT2D eigenvalue weighted by Crippen LogP contribution is 2.15. The average molecular weight is 176 g/mol. The predicted octanol–water partition coefficient (Wildman–Crippen LogP) is 0.106. The van der Waals surface area contributed by atoms with E-state index in [1.54, 1.807) is 0 Å². The Balaban J connectivity index is 4.70. The van der Waals surface area contributed by atoms with Crippen LogP contribution in [0.15, 0.2) is 0 Å². The maximum Gasteiger partial charge on any atom is 0.241 e. The number of hydrogen-bond donors (Lipinski definition) is 1. The second kappa shape index (κ2) is 3.32. The van der Waals surface area contributed by atoms with Crippen LogP contribution in [0.1, 0.15) is 6.92 Å². The molecular weight excluding hydrogens is 152 g/mol. The van der Waals surface area contributed by atoms with Crippen molar-refractivity contribution < 1.29 is 14.1 Å². The third kappa shape index (κ3) is 3.09. The minimum absolute atomic E-state index is 0.213. The molecule has 0 rings (SSSR count). The van der Waals surface area contributed by atoms with E-state index in [-0.39, 0.29) is 12.3 Å². The monoisotopic (exact) mass is 176 g/mol. The summed E-state index contributed by atoms with van der Waals surface area (Å²) in [4.78, 5) is 0. The first kappa shape index (κ1) is 11.9. The van der Waals surface area contributed by atoms with E-state index in [1.807, 2.05) is 6.92 Å². The first-order chi connectivity index (χ1) is 5.07. The highest BCUT2D eigenvalue weighted by atomic mass is 16.3. The minimum Gasteiger partial charge on any atom is -0.381 e. The van der Waals surface area contributed by atoms with Crippen LogP contribution in [0.3, 0.4) is 0 Å². The summed E-state index contributed by atoms with van der Waals surface area (Å²) >= 11 is 0. The van der Waals surface area contributed by atoms with Gasteiger partial charge in [-0.25, -0.2) is 0 Å². The van der Waals surface area contributed by atoms with Gasteiger partial charge in [0.25, 0.3) is 0 Å². The van der Waals surface area contributed by atoms with Crippen molar-refractivity contribution >= 4 is 0 Å². The van der Waals surface area contributed by atoms with Crippen molar-refractivity contribution in [2.75, 3.05) is 42.3 Å². The lowest BCUT2D eigenvalue weighted by Crippen LogP contribution is -2.65. The van der Waals surface area contributed by atoms with Crippen LogP contribution < -0.4 is 0 Å². The molecule has 12 heavy (non-hydrogen) atoms. The van der Waals surface area contributed by atoms with E-state index >= 15 is 0 Å². The molecule has 0 radical (unpaired) electrons. The maximum atomic E-state index is 9.65. The fourth-order valence-electron chi connectivity index (χ4n) is 2.33. The topological polar surface area (TPSA) is 20.2 Å². The van der Waals surface area contributed by atoms with E-state index in [1.165, 1.54) is 0 Å². The fraction of sp³-hybridized carbons (Fsp3) is 1.00. The number of aliphatic hydroxyl groups is 1. The van der Waals surface area contributed by atoms with Crippen LogP contribution in [0.25, 0.3) is 0 Å². The van der Waals surface area contributed by atoms with Crippen molar-refractivity contribution in [2.45, 2.75) is 19.2 Å². The number of likely N-dealkylation sites (N-methyl/N-ethyl adjacent to an activating group) is 2. The molecule has 0 saturated carbocycles. The molecule has 0 aliphatic carbocycles. The van der Waals surface area contributed by atoms with Crippen molar-refractivity contribution in [1.29, 1.82) is 0 Å². The van der Waals surface area contributed by atoms with Gasteiger partial charge in [0, 0.05) is 0 Å². The fourth-order valence-corrected chi connectivity index (χ4v) is 2.33. The molecule has 3 heteroatoms. The molecule has 0 aromatic carbocycles. The summed E-state index contributed by atoms with van der Waals surface area (Å²) < 4.78 is 1.56. The molecule has 0 aliphatic rings. The zero-order chi connectivity index (χ0) is 10.2. The van der Waals surface area contributed by atoms with Gasteiger partial charge in [-0.3, -0.25) is 8.97 Å². The molecule has 0 aromatic heterocycles. The van der Waals surface area contributed by atoms with Crippen LogP contribution in [0, 0.1) is 0 Å². The highest BCUT2D eigenvalue weighted by Gasteiger charge is 2.39. The van der Waals surface area contributed by atoms with Crippen molar-refractivity contribution in [1.82, 2.24) is 0 Å².